The summed E-state index contributed by atoms with van der Waals surface area (Å²) in [7, 11) is 1.66. The van der Waals surface area contributed by atoms with Crippen LogP contribution in [0.4, 0.5) is 0 Å². The molecule has 1 heterocycles. The van der Waals surface area contributed by atoms with Crippen molar-refractivity contribution in [1.29, 1.82) is 0 Å². The highest BCUT2D eigenvalue weighted by Gasteiger charge is 2.12. The van der Waals surface area contributed by atoms with Crippen LogP contribution in [-0.4, -0.2) is 17.1 Å². The summed E-state index contributed by atoms with van der Waals surface area (Å²) in [5, 5.41) is 0. The molecular formula is C14H16N2O2. The van der Waals surface area contributed by atoms with Crippen LogP contribution in [0.3, 0.4) is 0 Å². The Morgan fingerprint density at radius 1 is 1.22 bits per heavy atom. The van der Waals surface area contributed by atoms with Gasteiger partial charge in [0.1, 0.15) is 5.75 Å². The van der Waals surface area contributed by atoms with Gasteiger partial charge < -0.3 is 9.72 Å². The molecule has 1 N–H and O–H groups in total. The first-order valence-electron chi connectivity index (χ1n) is 5.75. The number of rotatable bonds is 2. The van der Waals surface area contributed by atoms with Crippen LogP contribution in [0.5, 0.6) is 5.75 Å². The number of aryl methyl sites for hydroxylation is 1. The smallest absolute Gasteiger partial charge is 0.345 e. The zero-order valence-corrected chi connectivity index (χ0v) is 11.0. The van der Waals surface area contributed by atoms with E-state index in [2.05, 4.69) is 9.97 Å². The number of H-pyrrole nitrogens is 1. The third-order valence-corrected chi connectivity index (χ3v) is 3.21. The van der Waals surface area contributed by atoms with Crippen LogP contribution < -0.4 is 10.4 Å². The fourth-order valence-corrected chi connectivity index (χ4v) is 2.19. The predicted octanol–water partition coefficient (Wildman–Crippen LogP) is 2.37. The summed E-state index contributed by atoms with van der Waals surface area (Å²) < 4.78 is 5.34. The van der Waals surface area contributed by atoms with Gasteiger partial charge in [-0.1, -0.05) is 0 Å². The number of nitrogens with zero attached hydrogens (tertiary/aromatic N) is 1. The molecule has 0 aliphatic heterocycles. The van der Waals surface area contributed by atoms with Crippen LogP contribution in [-0.2, 0) is 0 Å². The van der Waals surface area contributed by atoms with E-state index in [1.54, 1.807) is 7.11 Å². The van der Waals surface area contributed by atoms with E-state index in [-0.39, 0.29) is 5.69 Å². The first-order chi connectivity index (χ1) is 8.54. The number of aromatic nitrogens is 2. The molecule has 0 aliphatic rings. The highest BCUT2D eigenvalue weighted by molar-refractivity contribution is 5.70. The highest BCUT2D eigenvalue weighted by Crippen LogP contribution is 2.32. The molecule has 1 aromatic heterocycles. The number of methoxy groups -OCH3 is 1. The normalized spacial score (nSPS) is 10.4. The molecule has 1 aromatic carbocycles. The molecule has 0 saturated heterocycles. The predicted molar refractivity (Wildman–Crippen MR) is 71.1 cm³/mol. The largest absolute Gasteiger partial charge is 0.496 e. The molecule has 2 rings (SSSR count). The lowest BCUT2D eigenvalue weighted by molar-refractivity contribution is 0.411. The molecule has 4 heteroatoms. The van der Waals surface area contributed by atoms with Crippen molar-refractivity contribution in [3.05, 3.63) is 45.5 Å². The number of ether oxygens (including phenoxy) is 1. The number of hydrogen-bond donors (Lipinski definition) is 1. The summed E-state index contributed by atoms with van der Waals surface area (Å²) in [5.41, 5.74) is 4.74. The van der Waals surface area contributed by atoms with E-state index in [1.807, 2.05) is 32.9 Å². The maximum atomic E-state index is 11.3. The first kappa shape index (κ1) is 12.4. The quantitative estimate of drug-likeness (QED) is 0.882. The van der Waals surface area contributed by atoms with Crippen LogP contribution in [0.2, 0.25) is 0 Å². The molecule has 0 fully saturated rings. The number of benzene rings is 1. The van der Waals surface area contributed by atoms with Crippen molar-refractivity contribution in [2.24, 2.45) is 0 Å². The Balaban J connectivity index is 2.72. The summed E-state index contributed by atoms with van der Waals surface area (Å²) in [4.78, 5) is 17.7. The van der Waals surface area contributed by atoms with Gasteiger partial charge in [0.15, 0.2) is 0 Å². The van der Waals surface area contributed by atoms with Crippen molar-refractivity contribution < 1.29 is 4.74 Å². The maximum Gasteiger partial charge on any atom is 0.345 e. The molecule has 0 amide bonds. The molecule has 94 valence electrons. The van der Waals surface area contributed by atoms with Gasteiger partial charge in [-0.3, -0.25) is 0 Å². The second-order valence-corrected chi connectivity index (χ2v) is 4.31. The minimum Gasteiger partial charge on any atom is -0.496 e. The summed E-state index contributed by atoms with van der Waals surface area (Å²) in [5.74, 6) is 0.866. The van der Waals surface area contributed by atoms with Crippen LogP contribution in [0.25, 0.3) is 11.3 Å². The van der Waals surface area contributed by atoms with E-state index < -0.39 is 0 Å². The molecular weight excluding hydrogens is 228 g/mol. The van der Waals surface area contributed by atoms with Gasteiger partial charge in [-0.15, -0.1) is 0 Å². The van der Waals surface area contributed by atoms with Crippen molar-refractivity contribution in [2.75, 3.05) is 7.11 Å². The van der Waals surface area contributed by atoms with Crippen LogP contribution in [0, 0.1) is 20.8 Å². The molecule has 2 aromatic rings. The second kappa shape index (κ2) is 4.64. The molecule has 18 heavy (non-hydrogen) atoms. The fraction of sp³-hybridized carbons (Fsp3) is 0.286. The Morgan fingerprint density at radius 2 is 1.94 bits per heavy atom. The van der Waals surface area contributed by atoms with Crippen molar-refractivity contribution in [3.63, 3.8) is 0 Å². The first-order valence-corrected chi connectivity index (χ1v) is 5.75. The second-order valence-electron chi connectivity index (χ2n) is 4.31. The van der Waals surface area contributed by atoms with E-state index in [0.29, 0.717) is 0 Å². The Bertz CT molecular complexity index is 645. The standard InChI is InChI=1S/C14H16N2O2/c1-8-7-12(18-4)9(2)10(3)13(8)11-5-6-15-14(17)16-11/h5-7H,1-4H3,(H,15,16,17). The molecule has 0 aliphatic carbocycles. The minimum absolute atomic E-state index is 0.334. The monoisotopic (exact) mass is 244 g/mol. The molecule has 0 radical (unpaired) electrons. The van der Waals surface area contributed by atoms with Gasteiger partial charge in [0.05, 0.1) is 12.8 Å². The van der Waals surface area contributed by atoms with Crippen LogP contribution in [0.15, 0.2) is 23.1 Å². The van der Waals surface area contributed by atoms with Gasteiger partial charge in [0, 0.05) is 11.8 Å². The average Bonchev–Trinajstić information content (AvgIpc) is 2.34. The Labute approximate surface area is 106 Å². The highest BCUT2D eigenvalue weighted by atomic mass is 16.5. The zero-order chi connectivity index (χ0) is 13.3. The summed E-state index contributed by atoms with van der Waals surface area (Å²) in [6, 6.07) is 3.79. The lowest BCUT2D eigenvalue weighted by Crippen LogP contribution is -2.10. The number of aromatic amines is 1. The van der Waals surface area contributed by atoms with Crippen molar-refractivity contribution in [2.45, 2.75) is 20.8 Å². The van der Waals surface area contributed by atoms with Gasteiger partial charge in [-0.05, 0) is 49.6 Å². The summed E-state index contributed by atoms with van der Waals surface area (Å²) >= 11 is 0. The van der Waals surface area contributed by atoms with E-state index in [9.17, 15) is 4.79 Å². The van der Waals surface area contributed by atoms with Crippen LogP contribution >= 0.6 is 0 Å². The topological polar surface area (TPSA) is 55.0 Å². The van der Waals surface area contributed by atoms with Crippen molar-refractivity contribution in [3.8, 4) is 17.0 Å². The average molecular weight is 244 g/mol. The molecule has 0 atom stereocenters. The Kier molecular flexibility index (Phi) is 3.19. The van der Waals surface area contributed by atoms with Crippen molar-refractivity contribution in [1.82, 2.24) is 9.97 Å². The van der Waals surface area contributed by atoms with Crippen molar-refractivity contribution >= 4 is 0 Å². The van der Waals surface area contributed by atoms with Gasteiger partial charge in [0.25, 0.3) is 0 Å². The van der Waals surface area contributed by atoms with Gasteiger partial charge in [0.2, 0.25) is 0 Å². The number of nitrogens with one attached hydrogen (secondary N) is 1. The third-order valence-electron chi connectivity index (χ3n) is 3.21. The molecule has 0 bridgehead atoms. The Hall–Kier alpha value is -2.10. The minimum atomic E-state index is -0.334. The molecule has 4 nitrogen and oxygen atoms in total. The lowest BCUT2D eigenvalue weighted by atomic mass is 9.95. The van der Waals surface area contributed by atoms with Gasteiger partial charge >= 0.3 is 5.69 Å². The molecule has 0 saturated carbocycles. The zero-order valence-electron chi connectivity index (χ0n) is 11.0. The summed E-state index contributed by atoms with van der Waals surface area (Å²) in [6.07, 6.45) is 1.52. The van der Waals surface area contributed by atoms with Gasteiger partial charge in [-0.2, -0.15) is 0 Å². The van der Waals surface area contributed by atoms with E-state index in [4.69, 9.17) is 4.74 Å². The van der Waals surface area contributed by atoms with E-state index in [1.165, 1.54) is 6.20 Å². The lowest BCUT2D eigenvalue weighted by Gasteiger charge is -2.15. The molecule has 0 spiro atoms. The Morgan fingerprint density at radius 3 is 2.56 bits per heavy atom. The summed E-state index contributed by atoms with van der Waals surface area (Å²) in [6.45, 7) is 6.04. The van der Waals surface area contributed by atoms with Gasteiger partial charge in [-0.25, -0.2) is 9.78 Å². The third kappa shape index (κ3) is 2.01. The maximum absolute atomic E-state index is 11.3. The number of hydrogen-bond acceptors (Lipinski definition) is 3. The van der Waals surface area contributed by atoms with Crippen LogP contribution in [0.1, 0.15) is 16.7 Å². The van der Waals surface area contributed by atoms with E-state index >= 15 is 0 Å². The fourth-order valence-electron chi connectivity index (χ4n) is 2.19. The van der Waals surface area contributed by atoms with E-state index in [0.717, 1.165) is 33.7 Å². The SMILES string of the molecule is COc1cc(C)c(-c2ccnc(=O)[nH]2)c(C)c1C. The molecule has 0 unspecified atom stereocenters.